The number of carbonyl (C=O) groups excluding carboxylic acids is 1. The van der Waals surface area contributed by atoms with E-state index in [2.05, 4.69) is 26.8 Å². The summed E-state index contributed by atoms with van der Waals surface area (Å²) in [5.41, 5.74) is -0.889. The Bertz CT molecular complexity index is 1930. The van der Waals surface area contributed by atoms with E-state index in [1.165, 1.54) is 10.6 Å². The van der Waals surface area contributed by atoms with E-state index in [0.717, 1.165) is 12.1 Å². The molecule has 0 spiro atoms. The van der Waals surface area contributed by atoms with Crippen LogP contribution >= 0.6 is 0 Å². The highest BCUT2D eigenvalue weighted by atomic mass is 19.2. The van der Waals surface area contributed by atoms with Crippen molar-refractivity contribution in [1.29, 1.82) is 0 Å². The van der Waals surface area contributed by atoms with Gasteiger partial charge in [0.1, 0.15) is 17.3 Å². The van der Waals surface area contributed by atoms with Gasteiger partial charge in [-0.1, -0.05) is 20.4 Å². The first-order chi connectivity index (χ1) is 20.9. The molecule has 2 aliphatic rings. The van der Waals surface area contributed by atoms with Crippen LogP contribution < -0.4 is 15.9 Å². The third-order valence-electron chi connectivity index (χ3n) is 8.21. The van der Waals surface area contributed by atoms with E-state index in [9.17, 15) is 19.1 Å². The molecule has 1 saturated heterocycles. The standard InChI is InChI=1S/C31H30F3N7O3/c1-6-20(43)39-12-16(5)40-17(13-39)11-36-26-22-29(37-27(24(26)34)21-19(42)8-7-18(32)23(21)33)41(31(44)38-30(22)40)28-15(4)9-10-35-25(28)14(2)3/h6-10,14,16-17,36,42H,1,11-13H2,2-5H3. The number of pyridine rings is 2. The lowest BCUT2D eigenvalue weighted by Gasteiger charge is -2.45. The van der Waals surface area contributed by atoms with E-state index in [4.69, 9.17) is 0 Å². The van der Waals surface area contributed by atoms with Gasteiger partial charge in [0.05, 0.1) is 34.1 Å². The van der Waals surface area contributed by atoms with Crippen molar-refractivity contribution in [1.82, 2.24) is 24.4 Å². The Hall–Kier alpha value is -4.94. The number of carbonyl (C=O) groups is 1. The van der Waals surface area contributed by atoms with Gasteiger partial charge < -0.3 is 20.2 Å². The van der Waals surface area contributed by atoms with Crippen LogP contribution in [0.25, 0.3) is 28.0 Å². The molecule has 1 fully saturated rings. The van der Waals surface area contributed by atoms with Crippen LogP contribution in [0.15, 0.2) is 41.8 Å². The number of fused-ring (bicyclic) bond motifs is 2. The van der Waals surface area contributed by atoms with Gasteiger partial charge in [-0.15, -0.1) is 0 Å². The number of aromatic nitrogens is 4. The first-order valence-corrected chi connectivity index (χ1v) is 14.2. The molecular formula is C31H30F3N7O3. The van der Waals surface area contributed by atoms with Gasteiger partial charge >= 0.3 is 5.69 Å². The predicted molar refractivity (Wildman–Crippen MR) is 160 cm³/mol. The highest BCUT2D eigenvalue weighted by Crippen LogP contribution is 2.43. The molecular weight excluding hydrogens is 575 g/mol. The molecule has 0 aliphatic carbocycles. The van der Waals surface area contributed by atoms with Gasteiger partial charge in [-0.2, -0.15) is 4.98 Å². The van der Waals surface area contributed by atoms with Crippen molar-refractivity contribution >= 4 is 28.4 Å². The molecule has 2 atom stereocenters. The lowest BCUT2D eigenvalue weighted by Crippen LogP contribution is -2.61. The molecule has 0 saturated carbocycles. The van der Waals surface area contributed by atoms with Crippen LogP contribution in [0.1, 0.15) is 37.9 Å². The third-order valence-corrected chi connectivity index (χ3v) is 8.21. The molecule has 0 radical (unpaired) electrons. The average molecular weight is 606 g/mol. The Morgan fingerprint density at radius 3 is 2.61 bits per heavy atom. The number of anilines is 2. The van der Waals surface area contributed by atoms with Crippen LogP contribution in [-0.4, -0.2) is 67.2 Å². The summed E-state index contributed by atoms with van der Waals surface area (Å²) in [6.45, 7) is 11.6. The SMILES string of the molecule is C=CC(=O)N1CC(C)N2c3nc(=O)n(-c4c(C)ccnc4C(C)C)c4nc(-c5c(O)ccc(F)c5F)c(F)c(c34)NCC2C1. The van der Waals surface area contributed by atoms with E-state index in [0.29, 0.717) is 23.5 Å². The Kier molecular flexibility index (Phi) is 7.05. The number of hydrogen-bond donors (Lipinski definition) is 2. The Morgan fingerprint density at radius 2 is 1.91 bits per heavy atom. The van der Waals surface area contributed by atoms with E-state index in [-0.39, 0.29) is 53.5 Å². The van der Waals surface area contributed by atoms with Crippen molar-refractivity contribution in [3.8, 4) is 22.7 Å². The topological polar surface area (TPSA) is 116 Å². The van der Waals surface area contributed by atoms with Crippen LogP contribution in [-0.2, 0) is 4.79 Å². The fraction of sp³-hybridized carbons (Fsp3) is 0.323. The van der Waals surface area contributed by atoms with Crippen LogP contribution in [0.4, 0.5) is 24.7 Å². The van der Waals surface area contributed by atoms with Crippen LogP contribution in [0.3, 0.4) is 0 Å². The number of nitrogens with zero attached hydrogens (tertiary/aromatic N) is 6. The second-order valence-electron chi connectivity index (χ2n) is 11.4. The van der Waals surface area contributed by atoms with Crippen molar-refractivity contribution < 1.29 is 23.1 Å². The van der Waals surface area contributed by atoms with Crippen molar-refractivity contribution in [2.24, 2.45) is 0 Å². The lowest BCUT2D eigenvalue weighted by atomic mass is 10.0. The van der Waals surface area contributed by atoms with Gasteiger partial charge in [0, 0.05) is 31.9 Å². The normalized spacial score (nSPS) is 17.8. The molecule has 1 aromatic carbocycles. The maximum atomic E-state index is 16.6. The predicted octanol–water partition coefficient (Wildman–Crippen LogP) is 4.41. The Balaban J connectivity index is 1.74. The monoisotopic (exact) mass is 605 g/mol. The lowest BCUT2D eigenvalue weighted by molar-refractivity contribution is -0.127. The molecule has 0 bridgehead atoms. The molecule has 228 valence electrons. The molecule has 13 heteroatoms. The molecule has 1 amide bonds. The molecule has 4 aromatic rings. The number of hydrogen-bond acceptors (Lipinski definition) is 8. The van der Waals surface area contributed by atoms with Crippen LogP contribution in [0.5, 0.6) is 5.75 Å². The zero-order chi connectivity index (χ0) is 31.6. The number of rotatable bonds is 4. The highest BCUT2D eigenvalue weighted by Gasteiger charge is 2.40. The van der Waals surface area contributed by atoms with Crippen LogP contribution in [0, 0.1) is 24.4 Å². The minimum Gasteiger partial charge on any atom is -0.507 e. The summed E-state index contributed by atoms with van der Waals surface area (Å²) in [5.74, 6) is -4.89. The van der Waals surface area contributed by atoms with Crippen molar-refractivity contribution in [2.45, 2.75) is 45.7 Å². The summed E-state index contributed by atoms with van der Waals surface area (Å²) in [6.07, 6.45) is 2.83. The van der Waals surface area contributed by atoms with Gasteiger partial charge in [-0.25, -0.2) is 27.5 Å². The summed E-state index contributed by atoms with van der Waals surface area (Å²) in [7, 11) is 0. The number of nitrogens with one attached hydrogen (secondary N) is 1. The van der Waals surface area contributed by atoms with E-state index < -0.39 is 46.2 Å². The third kappa shape index (κ3) is 4.37. The molecule has 5 heterocycles. The average Bonchev–Trinajstić information content (AvgIpc) is 3.15. The Morgan fingerprint density at radius 1 is 1.16 bits per heavy atom. The summed E-state index contributed by atoms with van der Waals surface area (Å²) < 4.78 is 47.4. The molecule has 2 N–H and O–H groups in total. The zero-order valence-electron chi connectivity index (χ0n) is 24.5. The second-order valence-corrected chi connectivity index (χ2v) is 11.4. The number of piperazine rings is 1. The number of phenols is 1. The number of benzene rings is 1. The van der Waals surface area contributed by atoms with Crippen molar-refractivity contribution in [2.75, 3.05) is 29.9 Å². The van der Waals surface area contributed by atoms with Crippen molar-refractivity contribution in [3.05, 3.63) is 76.2 Å². The summed E-state index contributed by atoms with van der Waals surface area (Å²) >= 11 is 0. The summed E-state index contributed by atoms with van der Waals surface area (Å²) in [6, 6.07) is 2.54. The van der Waals surface area contributed by atoms with Gasteiger partial charge in [0.2, 0.25) is 5.91 Å². The quantitative estimate of drug-likeness (QED) is 0.329. The first kappa shape index (κ1) is 29.1. The molecule has 3 aromatic heterocycles. The minimum absolute atomic E-state index is 0.0857. The number of halogens is 3. The van der Waals surface area contributed by atoms with Crippen molar-refractivity contribution in [3.63, 3.8) is 0 Å². The number of aromatic hydroxyl groups is 1. The fourth-order valence-electron chi connectivity index (χ4n) is 6.24. The molecule has 10 nitrogen and oxygen atoms in total. The number of amides is 1. The van der Waals surface area contributed by atoms with Gasteiger partial charge in [0.25, 0.3) is 0 Å². The first-order valence-electron chi connectivity index (χ1n) is 14.2. The maximum absolute atomic E-state index is 16.6. The second kappa shape index (κ2) is 10.6. The van der Waals surface area contributed by atoms with Gasteiger partial charge in [-0.05, 0) is 49.6 Å². The summed E-state index contributed by atoms with van der Waals surface area (Å²) in [5, 5.41) is 13.8. The zero-order valence-corrected chi connectivity index (χ0v) is 24.5. The minimum atomic E-state index is -1.50. The molecule has 2 aliphatic heterocycles. The van der Waals surface area contributed by atoms with E-state index >= 15 is 8.78 Å². The molecule has 44 heavy (non-hydrogen) atoms. The van der Waals surface area contributed by atoms with E-state index in [1.54, 1.807) is 24.1 Å². The van der Waals surface area contributed by atoms with E-state index in [1.807, 2.05) is 25.7 Å². The molecule has 6 rings (SSSR count). The Labute approximate surface area is 250 Å². The number of aryl methyl sites for hydroxylation is 1. The smallest absolute Gasteiger partial charge is 0.355 e. The maximum Gasteiger partial charge on any atom is 0.355 e. The van der Waals surface area contributed by atoms with Gasteiger partial charge in [-0.3, -0.25) is 9.78 Å². The summed E-state index contributed by atoms with van der Waals surface area (Å²) in [4.78, 5) is 43.5. The largest absolute Gasteiger partial charge is 0.507 e. The fourth-order valence-corrected chi connectivity index (χ4v) is 6.24. The number of phenolic OH excluding ortho intramolecular Hbond substituents is 1. The molecule has 2 unspecified atom stereocenters. The highest BCUT2D eigenvalue weighted by molar-refractivity contribution is 6.02. The van der Waals surface area contributed by atoms with Crippen LogP contribution in [0.2, 0.25) is 0 Å². The van der Waals surface area contributed by atoms with Gasteiger partial charge in [0.15, 0.2) is 23.1 Å².